The quantitative estimate of drug-likeness (QED) is 0.848. The lowest BCUT2D eigenvalue weighted by molar-refractivity contribution is -0.138. The van der Waals surface area contributed by atoms with Gasteiger partial charge in [0.1, 0.15) is 0 Å². The first-order valence-corrected chi connectivity index (χ1v) is 7.47. The summed E-state index contributed by atoms with van der Waals surface area (Å²) in [7, 11) is 0. The zero-order chi connectivity index (χ0) is 16.3. The second kappa shape index (κ2) is 6.69. The Morgan fingerprint density at radius 2 is 2.00 bits per heavy atom. The molecule has 1 aromatic carbocycles. The molecule has 2 unspecified atom stereocenters. The maximum Gasteiger partial charge on any atom is 0.416 e. The highest BCUT2D eigenvalue weighted by Crippen LogP contribution is 2.36. The van der Waals surface area contributed by atoms with Crippen molar-refractivity contribution < 1.29 is 18.0 Å². The number of nitrogens with two attached hydrogens (primary N) is 1. The number of nitrogens with one attached hydrogen (secondary N) is 1. The Kier molecular flexibility index (Phi) is 5.11. The van der Waals surface area contributed by atoms with E-state index in [1.165, 1.54) is 12.1 Å². The summed E-state index contributed by atoms with van der Waals surface area (Å²) in [6.45, 7) is 2.02. The molecular weight excluding hydrogens is 293 g/mol. The topological polar surface area (TPSA) is 55.1 Å². The first kappa shape index (κ1) is 16.8. The first-order chi connectivity index (χ1) is 10.3. The van der Waals surface area contributed by atoms with E-state index in [9.17, 15) is 18.0 Å². The zero-order valence-electron chi connectivity index (χ0n) is 12.5. The normalized spacial score (nSPS) is 17.9. The van der Waals surface area contributed by atoms with Crippen LogP contribution in [0.4, 0.5) is 13.2 Å². The van der Waals surface area contributed by atoms with Crippen LogP contribution in [-0.4, -0.2) is 18.5 Å². The van der Waals surface area contributed by atoms with Crippen LogP contribution in [0, 0.1) is 5.92 Å². The summed E-state index contributed by atoms with van der Waals surface area (Å²) in [6, 6.07) is 5.33. The van der Waals surface area contributed by atoms with Crippen molar-refractivity contribution in [2.75, 3.05) is 6.54 Å². The minimum Gasteiger partial charge on any atom is -0.355 e. The summed E-state index contributed by atoms with van der Waals surface area (Å²) in [5, 5.41) is 2.72. The maximum absolute atomic E-state index is 13.0. The highest BCUT2D eigenvalue weighted by atomic mass is 19.4. The molecule has 6 heteroatoms. The second-order valence-electron chi connectivity index (χ2n) is 6.00. The highest BCUT2D eigenvalue weighted by molar-refractivity contribution is 5.77. The van der Waals surface area contributed by atoms with Crippen molar-refractivity contribution in [1.82, 2.24) is 5.32 Å². The molecule has 1 aliphatic carbocycles. The third-order valence-corrected chi connectivity index (χ3v) is 4.05. The molecule has 0 heterocycles. The lowest BCUT2D eigenvalue weighted by atomic mass is 9.92. The fourth-order valence-corrected chi connectivity index (χ4v) is 2.57. The monoisotopic (exact) mass is 314 g/mol. The molecule has 22 heavy (non-hydrogen) atoms. The zero-order valence-corrected chi connectivity index (χ0v) is 12.5. The van der Waals surface area contributed by atoms with Crippen LogP contribution in [0.2, 0.25) is 0 Å². The van der Waals surface area contributed by atoms with E-state index in [1.54, 1.807) is 13.0 Å². The predicted molar refractivity (Wildman–Crippen MR) is 78.2 cm³/mol. The lowest BCUT2D eigenvalue weighted by Gasteiger charge is -2.18. The third kappa shape index (κ3) is 4.47. The summed E-state index contributed by atoms with van der Waals surface area (Å²) < 4.78 is 38.9. The van der Waals surface area contributed by atoms with Crippen LogP contribution < -0.4 is 11.1 Å². The van der Waals surface area contributed by atoms with Crippen molar-refractivity contribution >= 4 is 5.91 Å². The molecule has 2 atom stereocenters. The largest absolute Gasteiger partial charge is 0.416 e. The number of hydrogen-bond acceptors (Lipinski definition) is 2. The smallest absolute Gasteiger partial charge is 0.355 e. The van der Waals surface area contributed by atoms with Gasteiger partial charge >= 0.3 is 6.18 Å². The molecule has 0 radical (unpaired) electrons. The van der Waals surface area contributed by atoms with Crippen molar-refractivity contribution in [2.24, 2.45) is 11.7 Å². The molecule has 3 N–H and O–H groups in total. The standard InChI is InChI=1S/C16H21F3N2O/c1-10(8-15(22)21-9-14(20)11-6-7-11)12-4-2-3-5-13(12)16(17,18)19/h2-5,10-11,14H,6-9,20H2,1H3,(H,21,22). The molecule has 2 rings (SSSR count). The Morgan fingerprint density at radius 1 is 1.36 bits per heavy atom. The van der Waals surface area contributed by atoms with Gasteiger partial charge in [-0.3, -0.25) is 4.79 Å². The molecule has 0 bridgehead atoms. The molecule has 0 aromatic heterocycles. The average Bonchev–Trinajstić information content (AvgIpc) is 3.28. The van der Waals surface area contributed by atoms with E-state index in [-0.39, 0.29) is 23.9 Å². The van der Waals surface area contributed by atoms with E-state index < -0.39 is 17.7 Å². The summed E-state index contributed by atoms with van der Waals surface area (Å²) in [5.74, 6) is -0.292. The number of carbonyl (C=O) groups is 1. The number of rotatable bonds is 6. The van der Waals surface area contributed by atoms with E-state index in [4.69, 9.17) is 5.73 Å². The molecule has 122 valence electrons. The highest BCUT2D eigenvalue weighted by Gasteiger charge is 2.34. The van der Waals surface area contributed by atoms with Gasteiger partial charge in [0.2, 0.25) is 5.91 Å². The molecule has 1 amide bonds. The van der Waals surface area contributed by atoms with Crippen LogP contribution in [0.5, 0.6) is 0 Å². The summed E-state index contributed by atoms with van der Waals surface area (Å²) in [5.41, 5.74) is 5.36. The Hall–Kier alpha value is -1.56. The number of alkyl halides is 3. The van der Waals surface area contributed by atoms with Crippen molar-refractivity contribution in [3.63, 3.8) is 0 Å². The molecule has 1 saturated carbocycles. The Balaban J connectivity index is 1.94. The average molecular weight is 314 g/mol. The van der Waals surface area contributed by atoms with Gasteiger partial charge < -0.3 is 11.1 Å². The van der Waals surface area contributed by atoms with Gasteiger partial charge in [0, 0.05) is 19.0 Å². The molecule has 1 fully saturated rings. The van der Waals surface area contributed by atoms with Crippen LogP contribution in [0.1, 0.15) is 43.2 Å². The SMILES string of the molecule is CC(CC(=O)NCC(N)C1CC1)c1ccccc1C(F)(F)F. The van der Waals surface area contributed by atoms with Gasteiger partial charge in [-0.15, -0.1) is 0 Å². The van der Waals surface area contributed by atoms with Crippen molar-refractivity contribution in [3.8, 4) is 0 Å². The fourth-order valence-electron chi connectivity index (χ4n) is 2.57. The van der Waals surface area contributed by atoms with E-state index in [0.717, 1.165) is 18.9 Å². The van der Waals surface area contributed by atoms with Gasteiger partial charge in [0.05, 0.1) is 5.56 Å². The molecule has 0 spiro atoms. The van der Waals surface area contributed by atoms with Crippen molar-refractivity contribution in [3.05, 3.63) is 35.4 Å². The Bertz CT molecular complexity index is 526. The first-order valence-electron chi connectivity index (χ1n) is 7.47. The Morgan fingerprint density at radius 3 is 2.59 bits per heavy atom. The van der Waals surface area contributed by atoms with Gasteiger partial charge in [0.15, 0.2) is 0 Å². The number of benzene rings is 1. The van der Waals surface area contributed by atoms with Gasteiger partial charge in [-0.25, -0.2) is 0 Å². The van der Waals surface area contributed by atoms with Gasteiger partial charge in [-0.1, -0.05) is 25.1 Å². The predicted octanol–water partition coefficient (Wildman–Crippen LogP) is 3.05. The molecule has 1 aromatic rings. The molecule has 3 nitrogen and oxygen atoms in total. The van der Waals surface area contributed by atoms with Crippen LogP contribution in [0.15, 0.2) is 24.3 Å². The summed E-state index contributed by atoms with van der Waals surface area (Å²) in [4.78, 5) is 11.9. The minimum atomic E-state index is -4.41. The van der Waals surface area contributed by atoms with Gasteiger partial charge in [0.25, 0.3) is 0 Å². The van der Waals surface area contributed by atoms with Crippen LogP contribution in [0.3, 0.4) is 0 Å². The summed E-state index contributed by atoms with van der Waals surface area (Å²) >= 11 is 0. The number of carbonyl (C=O) groups excluding carboxylic acids is 1. The maximum atomic E-state index is 13.0. The van der Waals surface area contributed by atoms with E-state index in [2.05, 4.69) is 5.32 Å². The molecular formula is C16H21F3N2O. The summed E-state index contributed by atoms with van der Waals surface area (Å²) in [6.07, 6.45) is -2.21. The number of amides is 1. The van der Waals surface area contributed by atoms with Crippen LogP contribution in [-0.2, 0) is 11.0 Å². The van der Waals surface area contributed by atoms with E-state index >= 15 is 0 Å². The van der Waals surface area contributed by atoms with Crippen LogP contribution in [0.25, 0.3) is 0 Å². The van der Waals surface area contributed by atoms with Gasteiger partial charge in [-0.2, -0.15) is 13.2 Å². The lowest BCUT2D eigenvalue weighted by Crippen LogP contribution is -2.38. The van der Waals surface area contributed by atoms with Crippen LogP contribution >= 0.6 is 0 Å². The molecule has 0 saturated heterocycles. The van der Waals surface area contributed by atoms with E-state index in [1.807, 2.05) is 0 Å². The van der Waals surface area contributed by atoms with E-state index in [0.29, 0.717) is 12.5 Å². The second-order valence-corrected chi connectivity index (χ2v) is 6.00. The molecule has 1 aliphatic rings. The molecule has 0 aliphatic heterocycles. The minimum absolute atomic E-state index is 0.0183. The number of halogens is 3. The fraction of sp³-hybridized carbons (Fsp3) is 0.562. The number of hydrogen-bond donors (Lipinski definition) is 2. The third-order valence-electron chi connectivity index (χ3n) is 4.05. The van der Waals surface area contributed by atoms with Crippen molar-refractivity contribution in [2.45, 2.75) is 44.3 Å². The van der Waals surface area contributed by atoms with Crippen molar-refractivity contribution in [1.29, 1.82) is 0 Å². The Labute approximate surface area is 128 Å². The van der Waals surface area contributed by atoms with Gasteiger partial charge in [-0.05, 0) is 36.3 Å².